The van der Waals surface area contributed by atoms with Gasteiger partial charge in [-0.3, -0.25) is 4.79 Å². The number of ether oxygens (including phenoxy) is 1. The Balaban J connectivity index is 2.52. The number of carbonyl (C=O) groups is 1. The molecule has 3 N–H and O–H groups in total. The number of carbonyl (C=O) groups excluding carboxylic acids is 1. The summed E-state index contributed by atoms with van der Waals surface area (Å²) in [5.41, 5.74) is -1.80. The summed E-state index contributed by atoms with van der Waals surface area (Å²) in [5, 5.41) is 2.39. The molecule has 1 amide bonds. The van der Waals surface area contributed by atoms with E-state index >= 15 is 0 Å². The van der Waals surface area contributed by atoms with Crippen LogP contribution in [0, 0.1) is 13.8 Å². The fourth-order valence-electron chi connectivity index (χ4n) is 2.99. The lowest BCUT2D eigenvalue weighted by Gasteiger charge is -2.31. The van der Waals surface area contributed by atoms with Gasteiger partial charge in [0, 0.05) is 11.3 Å². The van der Waals surface area contributed by atoms with Gasteiger partial charge in [0.1, 0.15) is 0 Å². The molecule has 2 aromatic carbocycles. The van der Waals surface area contributed by atoms with E-state index in [1.54, 1.807) is 0 Å². The van der Waals surface area contributed by atoms with Crippen LogP contribution < -0.4 is 15.8 Å². The van der Waals surface area contributed by atoms with Crippen LogP contribution >= 0.6 is 0 Å². The van der Waals surface area contributed by atoms with Gasteiger partial charge in [-0.25, -0.2) is 4.39 Å². The first-order chi connectivity index (χ1) is 13.6. The summed E-state index contributed by atoms with van der Waals surface area (Å²) in [6.45, 7) is 2.30. The highest BCUT2D eigenvalue weighted by molar-refractivity contribution is 6.08. The van der Waals surface area contributed by atoms with Crippen molar-refractivity contribution in [1.82, 2.24) is 0 Å². The van der Waals surface area contributed by atoms with E-state index in [0.29, 0.717) is 12.1 Å². The minimum Gasteiger partial charge on any atom is -0.494 e. The molecule has 0 saturated carbocycles. The lowest BCUT2D eigenvalue weighted by molar-refractivity contribution is -0.348. The molecule has 164 valence electrons. The fourth-order valence-corrected chi connectivity index (χ4v) is 2.99. The maximum atomic E-state index is 14.3. The Kier molecular flexibility index (Phi) is 5.97. The minimum atomic E-state index is -6.23. The maximum Gasteiger partial charge on any atom is 0.435 e. The van der Waals surface area contributed by atoms with E-state index < -0.39 is 29.5 Å². The third-order valence-electron chi connectivity index (χ3n) is 4.44. The zero-order valence-electron chi connectivity index (χ0n) is 15.9. The molecule has 0 atom stereocenters. The van der Waals surface area contributed by atoms with Crippen molar-refractivity contribution in [1.29, 1.82) is 0 Å². The van der Waals surface area contributed by atoms with E-state index in [-0.39, 0.29) is 33.8 Å². The van der Waals surface area contributed by atoms with Gasteiger partial charge < -0.3 is 15.8 Å². The van der Waals surface area contributed by atoms with Crippen molar-refractivity contribution >= 4 is 17.3 Å². The van der Waals surface area contributed by atoms with Crippen LogP contribution in [-0.4, -0.2) is 25.4 Å². The number of halogens is 7. The van der Waals surface area contributed by atoms with E-state index in [9.17, 15) is 35.5 Å². The normalized spacial score (nSPS) is 12.6. The van der Waals surface area contributed by atoms with Gasteiger partial charge in [-0.05, 0) is 37.1 Å². The molecule has 0 aromatic heterocycles. The summed E-state index contributed by atoms with van der Waals surface area (Å²) in [6, 6.07) is 5.10. The number of rotatable bonds is 4. The molecule has 0 saturated heterocycles. The lowest BCUT2D eigenvalue weighted by atomic mass is 9.90. The van der Waals surface area contributed by atoms with Gasteiger partial charge in [0.25, 0.3) is 5.91 Å². The van der Waals surface area contributed by atoms with Crippen LogP contribution in [-0.2, 0) is 5.67 Å². The molecule has 0 aliphatic rings. The third-order valence-corrected chi connectivity index (χ3v) is 4.44. The number of benzene rings is 2. The number of hydrogen-bond acceptors (Lipinski definition) is 3. The van der Waals surface area contributed by atoms with Crippen LogP contribution in [0.5, 0.6) is 5.75 Å². The maximum absolute atomic E-state index is 14.3. The highest BCUT2D eigenvalue weighted by Gasteiger charge is 2.73. The molecule has 0 radical (unpaired) electrons. The van der Waals surface area contributed by atoms with Crippen molar-refractivity contribution in [2.75, 3.05) is 18.2 Å². The molecule has 0 bridgehead atoms. The number of amides is 1. The smallest absolute Gasteiger partial charge is 0.435 e. The van der Waals surface area contributed by atoms with E-state index in [1.165, 1.54) is 25.3 Å². The SMILES string of the molecule is COc1c(N)cccc1C(=O)Nc1c(C)cc(C(F)(C(F)(F)F)C(F)(F)F)cc1C. The van der Waals surface area contributed by atoms with Crippen LogP contribution in [0.2, 0.25) is 0 Å². The van der Waals surface area contributed by atoms with Gasteiger partial charge in [-0.1, -0.05) is 18.2 Å². The predicted octanol–water partition coefficient (Wildman–Crippen LogP) is 5.44. The molecule has 30 heavy (non-hydrogen) atoms. The number of hydrogen-bond donors (Lipinski definition) is 2. The molecule has 0 aliphatic carbocycles. The Morgan fingerprint density at radius 2 is 1.47 bits per heavy atom. The van der Waals surface area contributed by atoms with Crippen LogP contribution in [0.15, 0.2) is 30.3 Å². The second kappa shape index (κ2) is 7.69. The first kappa shape index (κ1) is 23.3. The van der Waals surface area contributed by atoms with Crippen molar-refractivity contribution in [3.8, 4) is 5.75 Å². The second-order valence-electron chi connectivity index (χ2n) is 6.52. The van der Waals surface area contributed by atoms with Gasteiger partial charge in [0.2, 0.25) is 0 Å². The number of nitrogens with one attached hydrogen (secondary N) is 1. The molecule has 2 aromatic rings. The van der Waals surface area contributed by atoms with Crippen molar-refractivity contribution < 1.29 is 40.3 Å². The van der Waals surface area contributed by atoms with Crippen molar-refractivity contribution in [3.05, 3.63) is 52.6 Å². The molecule has 0 unspecified atom stereocenters. The molecule has 0 fully saturated rings. The average Bonchev–Trinajstić information content (AvgIpc) is 2.61. The number of anilines is 2. The molecular formula is C19H17F7N2O2. The summed E-state index contributed by atoms with van der Waals surface area (Å²) < 4.78 is 97.5. The number of nitrogen functional groups attached to an aromatic ring is 1. The molecule has 0 spiro atoms. The summed E-state index contributed by atoms with van der Waals surface area (Å²) >= 11 is 0. The standard InChI is InChI=1S/C19H17F7N2O2/c1-9-7-11(17(20,18(21,22)23)19(24,25)26)8-10(2)14(9)28-16(29)12-5-4-6-13(27)15(12)30-3/h4-8H,27H2,1-3H3,(H,28,29). The Hall–Kier alpha value is -2.98. The van der Waals surface area contributed by atoms with Crippen molar-refractivity contribution in [2.45, 2.75) is 31.9 Å². The Labute approximate surface area is 166 Å². The average molecular weight is 438 g/mol. The van der Waals surface area contributed by atoms with Gasteiger partial charge >= 0.3 is 18.0 Å². The van der Waals surface area contributed by atoms with Crippen LogP contribution in [0.25, 0.3) is 0 Å². The van der Waals surface area contributed by atoms with Crippen LogP contribution in [0.3, 0.4) is 0 Å². The van der Waals surface area contributed by atoms with E-state index in [1.807, 2.05) is 0 Å². The summed E-state index contributed by atoms with van der Waals surface area (Å²) in [5.74, 6) is -0.727. The number of methoxy groups -OCH3 is 1. The molecule has 11 heteroatoms. The topological polar surface area (TPSA) is 64.3 Å². The third kappa shape index (κ3) is 3.88. The van der Waals surface area contributed by atoms with E-state index in [2.05, 4.69) is 5.32 Å². The zero-order chi connectivity index (χ0) is 23.1. The quantitative estimate of drug-likeness (QED) is 0.494. The lowest BCUT2D eigenvalue weighted by Crippen LogP contribution is -2.50. The van der Waals surface area contributed by atoms with Gasteiger partial charge in [-0.2, -0.15) is 26.3 Å². The molecule has 2 rings (SSSR count). The largest absolute Gasteiger partial charge is 0.494 e. The Morgan fingerprint density at radius 3 is 1.90 bits per heavy atom. The van der Waals surface area contributed by atoms with Gasteiger partial charge in [0.05, 0.1) is 18.4 Å². The fraction of sp³-hybridized carbons (Fsp3) is 0.316. The minimum absolute atomic E-state index is 0.00852. The monoisotopic (exact) mass is 438 g/mol. The molecule has 0 heterocycles. The Bertz CT molecular complexity index is 931. The molecular weight excluding hydrogens is 421 g/mol. The molecule has 0 aliphatic heterocycles. The first-order valence-corrected chi connectivity index (χ1v) is 8.33. The summed E-state index contributed by atoms with van der Waals surface area (Å²) in [6.07, 6.45) is -12.5. The predicted molar refractivity (Wildman–Crippen MR) is 96.2 cm³/mol. The first-order valence-electron chi connectivity index (χ1n) is 8.33. The number of aryl methyl sites for hydroxylation is 2. The highest BCUT2D eigenvalue weighted by Crippen LogP contribution is 2.53. The second-order valence-corrected chi connectivity index (χ2v) is 6.52. The number of para-hydroxylation sites is 1. The number of alkyl halides is 7. The van der Waals surface area contributed by atoms with Crippen molar-refractivity contribution in [2.24, 2.45) is 0 Å². The molecule has 4 nitrogen and oxygen atoms in total. The Morgan fingerprint density at radius 1 is 0.967 bits per heavy atom. The number of nitrogens with two attached hydrogens (primary N) is 1. The van der Waals surface area contributed by atoms with Gasteiger partial charge in [0.15, 0.2) is 5.75 Å². The van der Waals surface area contributed by atoms with E-state index in [4.69, 9.17) is 10.5 Å². The van der Waals surface area contributed by atoms with Crippen LogP contribution in [0.4, 0.5) is 42.1 Å². The van der Waals surface area contributed by atoms with Crippen LogP contribution in [0.1, 0.15) is 27.0 Å². The van der Waals surface area contributed by atoms with E-state index in [0.717, 1.165) is 13.8 Å². The summed E-state index contributed by atoms with van der Waals surface area (Å²) in [4.78, 5) is 12.6. The van der Waals surface area contributed by atoms with Gasteiger partial charge in [-0.15, -0.1) is 0 Å². The highest BCUT2D eigenvalue weighted by atomic mass is 19.4. The van der Waals surface area contributed by atoms with Crippen molar-refractivity contribution in [3.63, 3.8) is 0 Å². The summed E-state index contributed by atoms with van der Waals surface area (Å²) in [7, 11) is 1.27. The zero-order valence-corrected chi connectivity index (χ0v) is 15.9.